The van der Waals surface area contributed by atoms with E-state index in [9.17, 15) is 9.59 Å². The zero-order chi connectivity index (χ0) is 22.2. The van der Waals surface area contributed by atoms with Gasteiger partial charge in [0.05, 0.1) is 28.8 Å². The maximum Gasteiger partial charge on any atom is 0.262 e. The number of aromatic amines is 1. The Morgan fingerprint density at radius 2 is 1.97 bits per heavy atom. The van der Waals surface area contributed by atoms with E-state index in [1.54, 1.807) is 10.6 Å². The van der Waals surface area contributed by atoms with Crippen molar-refractivity contribution in [3.05, 3.63) is 70.1 Å². The minimum Gasteiger partial charge on any atom is -0.376 e. The molecule has 0 radical (unpaired) electrons. The molecular weight excluding hydrogens is 422 g/mol. The van der Waals surface area contributed by atoms with Gasteiger partial charge in [-0.1, -0.05) is 42.1 Å². The molecule has 1 N–H and O–H groups in total. The minimum absolute atomic E-state index is 0.00289. The molecule has 32 heavy (non-hydrogen) atoms. The Balaban J connectivity index is 1.52. The number of benzene rings is 2. The normalized spacial score (nSPS) is 17.2. The van der Waals surface area contributed by atoms with Gasteiger partial charge in [0.25, 0.3) is 5.56 Å². The molecule has 0 spiro atoms. The Morgan fingerprint density at radius 1 is 1.22 bits per heavy atom. The van der Waals surface area contributed by atoms with Crippen molar-refractivity contribution in [1.29, 1.82) is 0 Å². The van der Waals surface area contributed by atoms with Gasteiger partial charge in [-0.25, -0.2) is 4.98 Å². The van der Waals surface area contributed by atoms with Crippen molar-refractivity contribution in [1.82, 2.24) is 14.5 Å². The lowest BCUT2D eigenvalue weighted by atomic mass is 10.1. The summed E-state index contributed by atoms with van der Waals surface area (Å²) in [5.41, 5.74) is 3.06. The van der Waals surface area contributed by atoms with Crippen LogP contribution in [-0.2, 0) is 11.3 Å². The van der Waals surface area contributed by atoms with Crippen LogP contribution in [0, 0.1) is 6.92 Å². The van der Waals surface area contributed by atoms with Crippen molar-refractivity contribution >= 4 is 39.4 Å². The smallest absolute Gasteiger partial charge is 0.262 e. The molecule has 2 aromatic heterocycles. The molecule has 0 amide bonds. The van der Waals surface area contributed by atoms with Crippen molar-refractivity contribution in [2.45, 2.75) is 49.7 Å². The van der Waals surface area contributed by atoms with Gasteiger partial charge in [0.1, 0.15) is 0 Å². The average molecular weight is 448 g/mol. The van der Waals surface area contributed by atoms with E-state index in [0.29, 0.717) is 28.2 Å². The lowest BCUT2D eigenvalue weighted by Gasteiger charge is -2.18. The van der Waals surface area contributed by atoms with Crippen molar-refractivity contribution in [2.75, 3.05) is 6.61 Å². The first-order valence-electron chi connectivity index (χ1n) is 10.9. The molecule has 0 bridgehead atoms. The summed E-state index contributed by atoms with van der Waals surface area (Å²) in [6, 6.07) is 15.2. The van der Waals surface area contributed by atoms with Crippen molar-refractivity contribution in [2.24, 2.45) is 0 Å². The number of carbonyl (C=O) groups is 1. The second-order valence-corrected chi connectivity index (χ2v) is 9.57. The molecule has 1 saturated heterocycles. The van der Waals surface area contributed by atoms with Gasteiger partial charge in [0.2, 0.25) is 0 Å². The van der Waals surface area contributed by atoms with E-state index in [-0.39, 0.29) is 17.4 Å². The molecule has 164 valence electrons. The van der Waals surface area contributed by atoms with Crippen LogP contribution < -0.4 is 5.56 Å². The lowest BCUT2D eigenvalue weighted by molar-refractivity contribution is 0.0937. The minimum atomic E-state index is -0.406. The Bertz CT molecular complexity index is 1370. The van der Waals surface area contributed by atoms with Crippen LogP contribution in [-0.4, -0.2) is 38.3 Å². The quantitative estimate of drug-likeness (QED) is 0.263. The predicted molar refractivity (Wildman–Crippen MR) is 128 cm³/mol. The average Bonchev–Trinajstić information content (AvgIpc) is 3.42. The lowest BCUT2D eigenvalue weighted by Crippen LogP contribution is -2.29. The summed E-state index contributed by atoms with van der Waals surface area (Å²) in [5, 5.41) is 1.66. The highest BCUT2D eigenvalue weighted by Crippen LogP contribution is 2.30. The molecule has 1 fully saturated rings. The number of rotatable bonds is 6. The number of aryl methyl sites for hydroxylation is 1. The Kier molecular flexibility index (Phi) is 5.61. The Labute approximate surface area is 190 Å². The van der Waals surface area contributed by atoms with Gasteiger partial charge in [0.15, 0.2) is 10.9 Å². The van der Waals surface area contributed by atoms with Crippen LogP contribution in [0.25, 0.3) is 21.8 Å². The fourth-order valence-electron chi connectivity index (χ4n) is 4.40. The van der Waals surface area contributed by atoms with E-state index in [1.807, 2.05) is 56.3 Å². The molecule has 0 saturated carbocycles. The third kappa shape index (κ3) is 3.76. The molecule has 2 atom stereocenters. The number of aromatic nitrogens is 3. The van der Waals surface area contributed by atoms with Crippen molar-refractivity contribution in [3.8, 4) is 0 Å². The number of fused-ring (bicyclic) bond motifs is 2. The van der Waals surface area contributed by atoms with E-state index in [0.717, 1.165) is 36.0 Å². The molecule has 5 rings (SSSR count). The predicted octanol–water partition coefficient (Wildman–Crippen LogP) is 4.73. The van der Waals surface area contributed by atoms with Crippen LogP contribution in [0.2, 0.25) is 0 Å². The number of Topliss-reactive ketones (excluding diaryl/α,β-unsaturated/α-hetero) is 1. The Hall–Kier alpha value is -2.90. The van der Waals surface area contributed by atoms with Crippen LogP contribution in [0.1, 0.15) is 35.8 Å². The third-order valence-electron chi connectivity index (χ3n) is 6.03. The zero-order valence-corrected chi connectivity index (χ0v) is 18.9. The van der Waals surface area contributed by atoms with Gasteiger partial charge < -0.3 is 9.72 Å². The molecule has 3 heterocycles. The van der Waals surface area contributed by atoms with Crippen LogP contribution in [0.4, 0.5) is 0 Å². The number of hydrogen-bond donors (Lipinski definition) is 1. The summed E-state index contributed by atoms with van der Waals surface area (Å²) in [6.45, 7) is 4.97. The van der Waals surface area contributed by atoms with E-state index in [2.05, 4.69) is 4.98 Å². The topological polar surface area (TPSA) is 77.0 Å². The number of thioether (sulfide) groups is 1. The molecule has 0 aliphatic carbocycles. The number of carbonyl (C=O) groups excluding carboxylic acids is 1. The largest absolute Gasteiger partial charge is 0.376 e. The van der Waals surface area contributed by atoms with Gasteiger partial charge in [-0.2, -0.15) is 0 Å². The van der Waals surface area contributed by atoms with Gasteiger partial charge in [-0.3, -0.25) is 14.2 Å². The monoisotopic (exact) mass is 447 g/mol. The molecule has 4 aromatic rings. The first-order valence-corrected chi connectivity index (χ1v) is 11.8. The number of nitrogens with zero attached hydrogens (tertiary/aromatic N) is 2. The van der Waals surface area contributed by atoms with Crippen LogP contribution in [0.15, 0.2) is 58.5 Å². The molecule has 1 aliphatic heterocycles. The fraction of sp³-hybridized carbons (Fsp3) is 0.320. The molecule has 1 aliphatic rings. The van der Waals surface area contributed by atoms with E-state index < -0.39 is 5.25 Å². The number of ketones is 1. The van der Waals surface area contributed by atoms with Crippen LogP contribution >= 0.6 is 11.8 Å². The van der Waals surface area contributed by atoms with Gasteiger partial charge in [-0.05, 0) is 44.9 Å². The van der Waals surface area contributed by atoms with Crippen molar-refractivity contribution in [3.63, 3.8) is 0 Å². The van der Waals surface area contributed by atoms with Crippen LogP contribution in [0.5, 0.6) is 0 Å². The van der Waals surface area contributed by atoms with E-state index in [4.69, 9.17) is 9.72 Å². The van der Waals surface area contributed by atoms with E-state index in [1.165, 1.54) is 11.8 Å². The number of nitrogens with one attached hydrogen (secondary N) is 1. The number of ether oxygens (including phenoxy) is 1. The SMILES string of the molecule is Cc1[nH]c2ccccc2c1C(=O)C(C)Sc1nc2ccccc2c(=O)n1CC1CCCO1. The first kappa shape index (κ1) is 21.0. The molecule has 6 nitrogen and oxygen atoms in total. The molecule has 2 aromatic carbocycles. The number of para-hydroxylation sites is 2. The van der Waals surface area contributed by atoms with Crippen molar-refractivity contribution < 1.29 is 9.53 Å². The second kappa shape index (κ2) is 8.56. The number of H-pyrrole nitrogens is 1. The fourth-order valence-corrected chi connectivity index (χ4v) is 5.38. The molecule has 7 heteroatoms. The molecule has 2 unspecified atom stereocenters. The van der Waals surface area contributed by atoms with Crippen LogP contribution in [0.3, 0.4) is 0 Å². The van der Waals surface area contributed by atoms with Gasteiger partial charge in [0, 0.05) is 28.8 Å². The summed E-state index contributed by atoms with van der Waals surface area (Å²) in [5.74, 6) is 0.0241. The molecular formula is C25H25N3O3S. The summed E-state index contributed by atoms with van der Waals surface area (Å²) >= 11 is 1.34. The van der Waals surface area contributed by atoms with E-state index >= 15 is 0 Å². The van der Waals surface area contributed by atoms with Gasteiger partial charge in [-0.15, -0.1) is 0 Å². The van der Waals surface area contributed by atoms with Gasteiger partial charge >= 0.3 is 0 Å². The standard InChI is InChI=1S/C25H25N3O3S/c1-15-22(18-9-3-5-11-20(18)26-15)23(29)16(2)32-25-27-21-12-6-4-10-19(21)24(30)28(25)14-17-8-7-13-31-17/h3-6,9-12,16-17,26H,7-8,13-14H2,1-2H3. The second-order valence-electron chi connectivity index (χ2n) is 8.26. The summed E-state index contributed by atoms with van der Waals surface area (Å²) in [7, 11) is 0. The highest BCUT2D eigenvalue weighted by Gasteiger charge is 2.26. The maximum absolute atomic E-state index is 13.5. The summed E-state index contributed by atoms with van der Waals surface area (Å²) < 4.78 is 7.48. The first-order chi connectivity index (χ1) is 15.5. The number of hydrogen-bond acceptors (Lipinski definition) is 5. The highest BCUT2D eigenvalue weighted by atomic mass is 32.2. The maximum atomic E-state index is 13.5. The third-order valence-corrected chi connectivity index (χ3v) is 7.12. The Morgan fingerprint density at radius 3 is 2.75 bits per heavy atom. The zero-order valence-electron chi connectivity index (χ0n) is 18.1. The summed E-state index contributed by atoms with van der Waals surface area (Å²) in [6.07, 6.45) is 1.92. The highest BCUT2D eigenvalue weighted by molar-refractivity contribution is 8.00. The summed E-state index contributed by atoms with van der Waals surface area (Å²) in [4.78, 5) is 34.9.